The third-order valence-corrected chi connectivity index (χ3v) is 4.76. The Kier molecular flexibility index (Phi) is 2.48. The summed E-state index contributed by atoms with van der Waals surface area (Å²) in [5, 5.41) is 22.7. The second kappa shape index (κ2) is 3.84. The van der Waals surface area contributed by atoms with Gasteiger partial charge in [-0.1, -0.05) is 0 Å². The molecule has 8 nitrogen and oxygen atoms in total. The minimum Gasteiger partial charge on any atom is -0.481 e. The van der Waals surface area contributed by atoms with E-state index < -0.39 is 28.7 Å². The average Bonchev–Trinajstić information content (AvgIpc) is 2.76. The van der Waals surface area contributed by atoms with E-state index in [0.29, 0.717) is 0 Å². The predicted molar refractivity (Wildman–Crippen MR) is 68.6 cm³/mol. The molecule has 1 aromatic heterocycles. The molecule has 3 rings (SSSR count). The second-order valence-corrected chi connectivity index (χ2v) is 5.91. The minimum absolute atomic E-state index is 0.0791. The second-order valence-electron chi connectivity index (χ2n) is 5.91. The normalized spacial score (nSPS) is 30.1. The molecular formula is C13H15N3O5. The van der Waals surface area contributed by atoms with Gasteiger partial charge in [-0.05, 0) is 19.4 Å². The van der Waals surface area contributed by atoms with Crippen molar-refractivity contribution in [2.75, 3.05) is 13.1 Å². The van der Waals surface area contributed by atoms with Crippen molar-refractivity contribution >= 4 is 17.8 Å². The number of piperidine rings is 1. The summed E-state index contributed by atoms with van der Waals surface area (Å²) in [5.41, 5.74) is -1.70. The van der Waals surface area contributed by atoms with Crippen LogP contribution in [0, 0.1) is 17.8 Å². The number of nitrogens with zero attached hydrogens (tertiary/aromatic N) is 3. The summed E-state index contributed by atoms with van der Waals surface area (Å²) in [6.07, 6.45) is 0.0791. The maximum Gasteiger partial charge on any atom is 0.312 e. The molecule has 1 aromatic rings. The predicted octanol–water partition coefficient (Wildman–Crippen LogP) is -0.270. The molecule has 21 heavy (non-hydrogen) atoms. The van der Waals surface area contributed by atoms with Gasteiger partial charge in [-0.15, -0.1) is 0 Å². The van der Waals surface area contributed by atoms with Crippen molar-refractivity contribution in [3.63, 3.8) is 0 Å². The van der Waals surface area contributed by atoms with E-state index in [9.17, 15) is 24.6 Å². The Labute approximate surface area is 120 Å². The van der Waals surface area contributed by atoms with E-state index in [2.05, 4.69) is 5.10 Å². The van der Waals surface area contributed by atoms with Crippen LogP contribution in [0.1, 0.15) is 22.6 Å². The van der Waals surface area contributed by atoms with Crippen molar-refractivity contribution < 1.29 is 24.6 Å². The Morgan fingerprint density at radius 3 is 2.10 bits per heavy atom. The third-order valence-electron chi connectivity index (χ3n) is 4.76. The van der Waals surface area contributed by atoms with Crippen LogP contribution in [0.25, 0.3) is 0 Å². The topological polar surface area (TPSA) is 113 Å². The molecule has 2 heterocycles. The Balaban J connectivity index is 1.88. The number of hydrogen-bond acceptors (Lipinski definition) is 4. The van der Waals surface area contributed by atoms with Crippen LogP contribution in [0.5, 0.6) is 0 Å². The number of hydrogen-bond donors (Lipinski definition) is 2. The van der Waals surface area contributed by atoms with E-state index in [0.717, 1.165) is 5.69 Å². The van der Waals surface area contributed by atoms with Crippen LogP contribution in [0.15, 0.2) is 6.07 Å². The van der Waals surface area contributed by atoms with E-state index in [1.54, 1.807) is 24.7 Å². The Morgan fingerprint density at radius 2 is 1.71 bits per heavy atom. The Bertz CT molecular complexity index is 634. The van der Waals surface area contributed by atoms with Crippen LogP contribution < -0.4 is 0 Å². The molecule has 112 valence electrons. The average molecular weight is 293 g/mol. The first-order chi connectivity index (χ1) is 9.73. The minimum atomic E-state index is -1.35. The summed E-state index contributed by atoms with van der Waals surface area (Å²) in [6, 6.07) is 1.60. The number of aromatic nitrogens is 2. The summed E-state index contributed by atoms with van der Waals surface area (Å²) < 4.78 is 1.55. The summed E-state index contributed by atoms with van der Waals surface area (Å²) in [5.74, 6) is -2.73. The largest absolute Gasteiger partial charge is 0.481 e. The molecule has 1 saturated heterocycles. The molecule has 0 aromatic carbocycles. The van der Waals surface area contributed by atoms with Crippen molar-refractivity contribution in [1.82, 2.24) is 14.7 Å². The Morgan fingerprint density at radius 1 is 1.19 bits per heavy atom. The van der Waals surface area contributed by atoms with Crippen LogP contribution in [0.4, 0.5) is 0 Å². The molecular weight excluding hydrogens is 278 g/mol. The standard InChI is InChI=1S/C13H15N3O5/c1-7-3-8(14-15(7)2)9(17)16-5-12(10(18)19)4-13(12,6-16)11(20)21/h3H,4-6H2,1-2H3,(H,18,19)(H,20,21)/t12-,13+. The zero-order valence-electron chi connectivity index (χ0n) is 11.7. The fourth-order valence-corrected chi connectivity index (χ4v) is 3.26. The number of likely N-dealkylation sites (tertiary alicyclic amines) is 1. The van der Waals surface area contributed by atoms with Crippen LogP contribution in [-0.4, -0.2) is 55.8 Å². The molecule has 8 heteroatoms. The number of carboxylic acids is 2. The van der Waals surface area contributed by atoms with Crippen molar-refractivity contribution in [3.05, 3.63) is 17.5 Å². The molecule has 2 N–H and O–H groups in total. The number of amides is 1. The van der Waals surface area contributed by atoms with Gasteiger partial charge in [0.1, 0.15) is 10.8 Å². The molecule has 0 spiro atoms. The molecule has 0 unspecified atom stereocenters. The number of aryl methyl sites for hydroxylation is 2. The zero-order chi connectivity index (χ0) is 15.6. The van der Waals surface area contributed by atoms with E-state index in [1.807, 2.05) is 0 Å². The van der Waals surface area contributed by atoms with Crippen molar-refractivity contribution in [2.45, 2.75) is 13.3 Å². The molecule has 1 aliphatic heterocycles. The van der Waals surface area contributed by atoms with Gasteiger partial charge in [-0.25, -0.2) is 0 Å². The van der Waals surface area contributed by atoms with Gasteiger partial charge in [-0.3, -0.25) is 19.1 Å². The summed E-state index contributed by atoms with van der Waals surface area (Å²) >= 11 is 0. The Hall–Kier alpha value is -2.38. The molecule has 1 amide bonds. The van der Waals surface area contributed by atoms with Gasteiger partial charge in [-0.2, -0.15) is 5.10 Å². The highest BCUT2D eigenvalue weighted by atomic mass is 16.4. The molecule has 0 bridgehead atoms. The van der Waals surface area contributed by atoms with Crippen LogP contribution in [-0.2, 0) is 16.6 Å². The number of fused-ring (bicyclic) bond motifs is 1. The fourth-order valence-electron chi connectivity index (χ4n) is 3.26. The molecule has 2 aliphatic rings. The summed E-state index contributed by atoms with van der Waals surface area (Å²) in [7, 11) is 1.70. The van der Waals surface area contributed by atoms with Crippen LogP contribution >= 0.6 is 0 Å². The SMILES string of the molecule is Cc1cc(C(=O)N2C[C@@]3(C(=O)O)C[C@@]3(C(=O)O)C2)nn1C. The summed E-state index contributed by atoms with van der Waals surface area (Å²) in [6.45, 7) is 1.63. The molecule has 0 radical (unpaired) electrons. The van der Waals surface area contributed by atoms with Gasteiger partial charge in [0.25, 0.3) is 5.91 Å². The maximum absolute atomic E-state index is 12.4. The zero-order valence-corrected chi connectivity index (χ0v) is 11.7. The third kappa shape index (κ3) is 1.55. The van der Waals surface area contributed by atoms with Gasteiger partial charge in [0.05, 0.1) is 0 Å². The van der Waals surface area contributed by atoms with Gasteiger partial charge in [0, 0.05) is 25.8 Å². The lowest BCUT2D eigenvalue weighted by Gasteiger charge is -2.18. The molecule has 2 fully saturated rings. The van der Waals surface area contributed by atoms with Gasteiger partial charge in [0.2, 0.25) is 0 Å². The lowest BCUT2D eigenvalue weighted by atomic mass is 9.97. The summed E-state index contributed by atoms with van der Waals surface area (Å²) in [4.78, 5) is 36.5. The highest BCUT2D eigenvalue weighted by molar-refractivity contribution is 5.99. The molecule has 1 saturated carbocycles. The highest BCUT2D eigenvalue weighted by Gasteiger charge is 2.81. The lowest BCUT2D eigenvalue weighted by molar-refractivity contribution is -0.151. The number of aliphatic carboxylic acids is 2. The first-order valence-corrected chi connectivity index (χ1v) is 6.50. The maximum atomic E-state index is 12.4. The molecule has 2 atom stereocenters. The van der Waals surface area contributed by atoms with Crippen molar-refractivity contribution in [1.29, 1.82) is 0 Å². The smallest absolute Gasteiger partial charge is 0.312 e. The van der Waals surface area contributed by atoms with Gasteiger partial charge in [0.15, 0.2) is 5.69 Å². The number of carbonyl (C=O) groups is 3. The van der Waals surface area contributed by atoms with Crippen LogP contribution in [0.3, 0.4) is 0 Å². The quantitative estimate of drug-likeness (QED) is 0.793. The van der Waals surface area contributed by atoms with E-state index in [4.69, 9.17) is 0 Å². The van der Waals surface area contributed by atoms with E-state index >= 15 is 0 Å². The lowest BCUT2D eigenvalue weighted by Crippen LogP contribution is -2.34. The van der Waals surface area contributed by atoms with Gasteiger partial charge < -0.3 is 15.1 Å². The number of carbonyl (C=O) groups excluding carboxylic acids is 1. The van der Waals surface area contributed by atoms with Gasteiger partial charge >= 0.3 is 11.9 Å². The fraction of sp³-hybridized carbons (Fsp3) is 0.538. The number of carboxylic acid groups (broad SMARTS) is 2. The number of rotatable bonds is 3. The monoisotopic (exact) mass is 293 g/mol. The first kappa shape index (κ1) is 13.6. The van der Waals surface area contributed by atoms with Crippen molar-refractivity contribution in [2.24, 2.45) is 17.9 Å². The van der Waals surface area contributed by atoms with Crippen molar-refractivity contribution in [3.8, 4) is 0 Å². The highest BCUT2D eigenvalue weighted by Crippen LogP contribution is 2.68. The molecule has 1 aliphatic carbocycles. The first-order valence-electron chi connectivity index (χ1n) is 6.50. The van der Waals surface area contributed by atoms with Crippen LogP contribution in [0.2, 0.25) is 0 Å². The van der Waals surface area contributed by atoms with E-state index in [1.165, 1.54) is 4.90 Å². The van der Waals surface area contributed by atoms with E-state index in [-0.39, 0.29) is 25.2 Å².